The maximum Gasteiger partial charge on any atom is 0.248 e. The van der Waals surface area contributed by atoms with Crippen molar-refractivity contribution in [1.82, 2.24) is 4.98 Å². The Bertz CT molecular complexity index is 1050. The van der Waals surface area contributed by atoms with E-state index in [0.717, 1.165) is 60.5 Å². The van der Waals surface area contributed by atoms with E-state index in [-0.39, 0.29) is 0 Å². The van der Waals surface area contributed by atoms with Gasteiger partial charge in [0.1, 0.15) is 4.83 Å². The molecule has 1 amide bonds. The topological polar surface area (TPSA) is 115 Å². The number of pyridine rings is 1. The zero-order valence-corrected chi connectivity index (χ0v) is 18.5. The van der Waals surface area contributed by atoms with Crippen LogP contribution in [-0.4, -0.2) is 57.6 Å². The van der Waals surface area contributed by atoms with E-state index in [1.807, 2.05) is 18.2 Å². The van der Waals surface area contributed by atoms with Gasteiger partial charge in [0.25, 0.3) is 0 Å². The second-order valence-electron chi connectivity index (χ2n) is 7.16. The number of ether oxygens (including phenoxy) is 1. The summed E-state index contributed by atoms with van der Waals surface area (Å²) in [7, 11) is 3.25. The highest BCUT2D eigenvalue weighted by Crippen LogP contribution is 2.38. The molecule has 0 spiro atoms. The fourth-order valence-corrected chi connectivity index (χ4v) is 4.55. The van der Waals surface area contributed by atoms with Crippen LogP contribution in [0.15, 0.2) is 36.5 Å². The second kappa shape index (κ2) is 10.2. The first kappa shape index (κ1) is 22.5. The fraction of sp³-hybridized carbons (Fsp3) is 0.318. The standard InChI is InChI=1S/C20H21N5O2S.C2H6O/c21-18-16(12-26)28-20-17(18)15(6-7-23-20)25-9-1-8-24(10-11-25)14-4-2-13(3-5-14)19(22)27;1-3-2/h2-7,12H,1,8-11,21H2,(H2,22,27);1-2H3. The van der Waals surface area contributed by atoms with Gasteiger partial charge in [-0.15, -0.1) is 11.3 Å². The first-order valence-electron chi connectivity index (χ1n) is 9.92. The van der Waals surface area contributed by atoms with Gasteiger partial charge in [-0.2, -0.15) is 0 Å². The smallest absolute Gasteiger partial charge is 0.248 e. The molecule has 9 heteroatoms. The number of hydrogen-bond acceptors (Lipinski definition) is 8. The van der Waals surface area contributed by atoms with Crippen LogP contribution in [0.3, 0.4) is 0 Å². The van der Waals surface area contributed by atoms with Crippen molar-refractivity contribution in [1.29, 1.82) is 0 Å². The quantitative estimate of drug-likeness (QED) is 0.598. The summed E-state index contributed by atoms with van der Waals surface area (Å²) in [5.74, 6) is -0.418. The van der Waals surface area contributed by atoms with Crippen molar-refractivity contribution < 1.29 is 14.3 Å². The highest BCUT2D eigenvalue weighted by atomic mass is 32.1. The number of amides is 1. The Hall–Kier alpha value is -3.17. The van der Waals surface area contributed by atoms with Gasteiger partial charge in [-0.1, -0.05) is 0 Å². The van der Waals surface area contributed by atoms with E-state index < -0.39 is 5.91 Å². The Labute approximate surface area is 185 Å². The maximum atomic E-state index is 11.3. The summed E-state index contributed by atoms with van der Waals surface area (Å²) in [5.41, 5.74) is 14.7. The van der Waals surface area contributed by atoms with Gasteiger partial charge in [-0.3, -0.25) is 9.59 Å². The number of nitrogens with zero attached hydrogens (tertiary/aromatic N) is 3. The lowest BCUT2D eigenvalue weighted by molar-refractivity contribution is 0.1000. The number of benzene rings is 1. The monoisotopic (exact) mass is 441 g/mol. The molecular weight excluding hydrogens is 414 g/mol. The molecule has 1 saturated heterocycles. The van der Waals surface area contributed by atoms with Gasteiger partial charge in [0, 0.05) is 57.8 Å². The molecule has 0 bridgehead atoms. The number of nitrogen functional groups attached to an aromatic ring is 1. The molecule has 0 unspecified atom stereocenters. The minimum Gasteiger partial charge on any atom is -0.397 e. The second-order valence-corrected chi connectivity index (χ2v) is 8.19. The lowest BCUT2D eigenvalue weighted by Crippen LogP contribution is -2.30. The van der Waals surface area contributed by atoms with E-state index in [1.165, 1.54) is 11.3 Å². The van der Waals surface area contributed by atoms with E-state index in [0.29, 0.717) is 16.1 Å². The number of carbonyl (C=O) groups is 2. The highest BCUT2D eigenvalue weighted by molar-refractivity contribution is 7.21. The van der Waals surface area contributed by atoms with Gasteiger partial charge in [-0.05, 0) is 36.8 Å². The maximum absolute atomic E-state index is 11.3. The van der Waals surface area contributed by atoms with Crippen LogP contribution in [0, 0.1) is 0 Å². The molecule has 164 valence electrons. The van der Waals surface area contributed by atoms with Crippen molar-refractivity contribution in [2.75, 3.05) is 55.9 Å². The minimum atomic E-state index is -0.418. The molecule has 31 heavy (non-hydrogen) atoms. The molecule has 8 nitrogen and oxygen atoms in total. The molecular formula is C22H27N5O3S. The molecule has 3 aromatic rings. The van der Waals surface area contributed by atoms with E-state index in [1.54, 1.807) is 32.5 Å². The number of hydrogen-bond donors (Lipinski definition) is 2. The van der Waals surface area contributed by atoms with E-state index in [4.69, 9.17) is 11.5 Å². The molecule has 1 aromatic carbocycles. The minimum absolute atomic E-state index is 0.418. The zero-order valence-electron chi connectivity index (χ0n) is 17.7. The third-order valence-electron chi connectivity index (χ3n) is 5.10. The van der Waals surface area contributed by atoms with Gasteiger partial charge < -0.3 is 26.0 Å². The molecule has 4 N–H and O–H groups in total. The van der Waals surface area contributed by atoms with E-state index in [2.05, 4.69) is 19.5 Å². The third-order valence-corrected chi connectivity index (χ3v) is 6.14. The first-order valence-corrected chi connectivity index (χ1v) is 10.7. The number of primary amides is 1. The average Bonchev–Trinajstić information content (AvgIpc) is 2.94. The lowest BCUT2D eigenvalue weighted by Gasteiger charge is -2.25. The summed E-state index contributed by atoms with van der Waals surface area (Å²) < 4.78 is 4.25. The van der Waals surface area contributed by atoms with Gasteiger partial charge in [0.2, 0.25) is 5.91 Å². The largest absolute Gasteiger partial charge is 0.397 e. The molecule has 0 atom stereocenters. The lowest BCUT2D eigenvalue weighted by atomic mass is 10.2. The van der Waals surface area contributed by atoms with Crippen LogP contribution in [0.4, 0.5) is 17.1 Å². The summed E-state index contributed by atoms with van der Waals surface area (Å²) in [6.07, 6.45) is 3.55. The number of aldehydes is 1. The number of anilines is 3. The zero-order chi connectivity index (χ0) is 22.4. The van der Waals surface area contributed by atoms with Crippen LogP contribution in [0.1, 0.15) is 26.5 Å². The molecule has 3 heterocycles. The molecule has 1 aliphatic rings. The SMILES string of the molecule is COC.NC(=O)c1ccc(N2CCCN(c3ccnc4sc(C=O)c(N)c34)CC2)cc1. The van der Waals surface area contributed by atoms with Crippen LogP contribution in [0.25, 0.3) is 10.2 Å². The summed E-state index contributed by atoms with van der Waals surface area (Å²) in [4.78, 5) is 32.8. The number of nitrogens with two attached hydrogens (primary N) is 2. The summed E-state index contributed by atoms with van der Waals surface area (Å²) >= 11 is 1.33. The first-order chi connectivity index (χ1) is 15.0. The molecule has 0 radical (unpaired) electrons. The molecule has 4 rings (SSSR count). The number of fused-ring (bicyclic) bond motifs is 1. The fourth-order valence-electron chi connectivity index (χ4n) is 3.65. The van der Waals surface area contributed by atoms with Gasteiger partial charge in [0.05, 0.1) is 21.6 Å². The molecule has 0 aliphatic carbocycles. The van der Waals surface area contributed by atoms with Crippen molar-refractivity contribution in [3.63, 3.8) is 0 Å². The predicted molar refractivity (Wildman–Crippen MR) is 126 cm³/mol. The highest BCUT2D eigenvalue weighted by Gasteiger charge is 2.21. The Balaban J connectivity index is 0.000000858. The van der Waals surface area contributed by atoms with Gasteiger partial charge in [0.15, 0.2) is 6.29 Å². The predicted octanol–water partition coefficient (Wildman–Crippen LogP) is 2.77. The van der Waals surface area contributed by atoms with Crippen LogP contribution in [-0.2, 0) is 4.74 Å². The summed E-state index contributed by atoms with van der Waals surface area (Å²) in [6.45, 7) is 3.47. The Morgan fingerprint density at radius 1 is 1.10 bits per heavy atom. The summed E-state index contributed by atoms with van der Waals surface area (Å²) in [6, 6.07) is 9.37. The van der Waals surface area contributed by atoms with Crippen molar-refractivity contribution in [2.45, 2.75) is 6.42 Å². The molecule has 0 saturated carbocycles. The number of thiophene rings is 1. The number of rotatable bonds is 4. The molecule has 2 aromatic heterocycles. The van der Waals surface area contributed by atoms with Crippen molar-refractivity contribution in [2.24, 2.45) is 5.73 Å². The number of aromatic nitrogens is 1. The van der Waals surface area contributed by atoms with Crippen LogP contribution >= 0.6 is 11.3 Å². The van der Waals surface area contributed by atoms with Gasteiger partial charge in [-0.25, -0.2) is 4.98 Å². The Morgan fingerprint density at radius 3 is 2.39 bits per heavy atom. The van der Waals surface area contributed by atoms with Crippen molar-refractivity contribution in [3.8, 4) is 0 Å². The molecule has 1 aliphatic heterocycles. The summed E-state index contributed by atoms with van der Waals surface area (Å²) in [5, 5.41) is 0.869. The normalized spacial score (nSPS) is 14.0. The van der Waals surface area contributed by atoms with Crippen molar-refractivity contribution in [3.05, 3.63) is 47.0 Å². The number of methoxy groups -OCH3 is 1. The Kier molecular flexibility index (Phi) is 7.43. The van der Waals surface area contributed by atoms with E-state index in [9.17, 15) is 9.59 Å². The van der Waals surface area contributed by atoms with Crippen LogP contribution < -0.4 is 21.3 Å². The molecule has 1 fully saturated rings. The van der Waals surface area contributed by atoms with Crippen LogP contribution in [0.2, 0.25) is 0 Å². The number of carbonyl (C=O) groups excluding carboxylic acids is 2. The van der Waals surface area contributed by atoms with Gasteiger partial charge >= 0.3 is 0 Å². The van der Waals surface area contributed by atoms with Crippen molar-refractivity contribution >= 4 is 50.8 Å². The van der Waals surface area contributed by atoms with E-state index >= 15 is 0 Å². The van der Waals surface area contributed by atoms with Crippen LogP contribution in [0.5, 0.6) is 0 Å². The Morgan fingerprint density at radius 2 is 1.74 bits per heavy atom. The third kappa shape index (κ3) is 4.95. The average molecular weight is 442 g/mol.